The van der Waals surface area contributed by atoms with Gasteiger partial charge in [0.25, 0.3) is 0 Å². The van der Waals surface area contributed by atoms with Crippen molar-refractivity contribution >= 4 is 11.6 Å². The van der Waals surface area contributed by atoms with Crippen LogP contribution < -0.4 is 5.32 Å². The number of benzene rings is 2. The average Bonchev–Trinajstić information content (AvgIpc) is 2.88. The summed E-state index contributed by atoms with van der Waals surface area (Å²) in [7, 11) is 0. The monoisotopic (exact) mass is 373 g/mol. The van der Waals surface area contributed by atoms with E-state index in [1.807, 2.05) is 30.3 Å². The van der Waals surface area contributed by atoms with Crippen LogP contribution in [0.4, 0.5) is 18.9 Å². The molecule has 1 aliphatic rings. The van der Waals surface area contributed by atoms with Crippen LogP contribution in [0.15, 0.2) is 42.5 Å². The van der Waals surface area contributed by atoms with Crippen LogP contribution in [0.3, 0.4) is 0 Å². The second-order valence-electron chi connectivity index (χ2n) is 6.37. The smallest absolute Gasteiger partial charge is 0.380 e. The molecule has 1 aliphatic heterocycles. The molecule has 4 nitrogen and oxygen atoms in total. The number of carbonyl (C=O) groups excluding carboxylic acids is 1. The van der Waals surface area contributed by atoms with Gasteiger partial charge >= 0.3 is 12.1 Å². The summed E-state index contributed by atoms with van der Waals surface area (Å²) in [6.45, 7) is 0.479. The van der Waals surface area contributed by atoms with Gasteiger partial charge in [0, 0.05) is 19.6 Å². The van der Waals surface area contributed by atoms with Crippen molar-refractivity contribution in [2.45, 2.75) is 25.6 Å². The molecule has 0 bridgehead atoms. The van der Waals surface area contributed by atoms with Crippen molar-refractivity contribution in [3.63, 3.8) is 0 Å². The fraction of sp³-hybridized carbons (Fsp3) is 0.300. The van der Waals surface area contributed by atoms with Gasteiger partial charge in [0.2, 0.25) is 0 Å². The van der Waals surface area contributed by atoms with Crippen molar-refractivity contribution in [3.05, 3.63) is 64.7 Å². The van der Waals surface area contributed by atoms with Gasteiger partial charge in [-0.05, 0) is 35.6 Å². The lowest BCUT2D eigenvalue weighted by molar-refractivity contribution is -0.185. The Bertz CT molecular complexity index is 873. The van der Waals surface area contributed by atoms with Crippen LogP contribution >= 0.6 is 0 Å². The van der Waals surface area contributed by atoms with Crippen molar-refractivity contribution in [2.75, 3.05) is 18.4 Å². The van der Waals surface area contributed by atoms with Crippen LogP contribution in [-0.2, 0) is 24.2 Å². The van der Waals surface area contributed by atoms with Crippen LogP contribution in [0.2, 0.25) is 0 Å². The van der Waals surface area contributed by atoms with Gasteiger partial charge in [-0.1, -0.05) is 36.4 Å². The predicted molar refractivity (Wildman–Crippen MR) is 95.0 cm³/mol. The second-order valence-corrected chi connectivity index (χ2v) is 6.37. The molecule has 7 heteroatoms. The number of alkyl halides is 3. The zero-order valence-electron chi connectivity index (χ0n) is 14.5. The van der Waals surface area contributed by atoms with E-state index in [9.17, 15) is 23.2 Å². The summed E-state index contributed by atoms with van der Waals surface area (Å²) in [5, 5.41) is 12.7. The standard InChI is InChI=1S/C20H18F3N3O/c21-20(22,23)19(27)26-10-8-15-6-7-16(12-24)18(17(15)9-11-26)25-13-14-4-2-1-3-5-14/h1-7,25H,8-11,13H2. The number of nitriles is 1. The molecule has 2 aromatic rings. The van der Waals surface area contributed by atoms with Gasteiger partial charge in [-0.15, -0.1) is 0 Å². The molecular formula is C20H18F3N3O. The lowest BCUT2D eigenvalue weighted by atomic mass is 9.97. The molecule has 1 amide bonds. The Kier molecular flexibility index (Phi) is 5.36. The molecule has 0 fully saturated rings. The lowest BCUT2D eigenvalue weighted by Crippen LogP contribution is -2.42. The first-order chi connectivity index (χ1) is 12.9. The SMILES string of the molecule is N#Cc1ccc2c(c1NCc1ccccc1)CCN(C(=O)C(F)(F)F)CC2. The molecule has 0 saturated carbocycles. The summed E-state index contributed by atoms with van der Waals surface area (Å²) in [6, 6.07) is 15.2. The van der Waals surface area contributed by atoms with Crippen molar-refractivity contribution in [1.82, 2.24) is 4.90 Å². The third-order valence-electron chi connectivity index (χ3n) is 4.65. The summed E-state index contributed by atoms with van der Waals surface area (Å²) in [5.74, 6) is -1.81. The minimum absolute atomic E-state index is 0.00929. The quantitative estimate of drug-likeness (QED) is 0.893. The van der Waals surface area contributed by atoms with Gasteiger partial charge in [0.15, 0.2) is 0 Å². The van der Waals surface area contributed by atoms with Crippen molar-refractivity contribution < 1.29 is 18.0 Å². The summed E-state index contributed by atoms with van der Waals surface area (Å²) in [4.78, 5) is 12.4. The Labute approximate surface area is 155 Å². The Hall–Kier alpha value is -3.01. The van der Waals surface area contributed by atoms with Gasteiger partial charge in [0.05, 0.1) is 11.3 Å². The normalized spacial score (nSPS) is 14.1. The first kappa shape index (κ1) is 18.8. The molecule has 1 N–H and O–H groups in total. The maximum atomic E-state index is 12.8. The molecule has 0 saturated heterocycles. The van der Waals surface area contributed by atoms with Gasteiger partial charge < -0.3 is 10.2 Å². The van der Waals surface area contributed by atoms with Crippen LogP contribution in [0.1, 0.15) is 22.3 Å². The molecule has 0 radical (unpaired) electrons. The van der Waals surface area contributed by atoms with Gasteiger partial charge in [-0.25, -0.2) is 0 Å². The molecule has 0 unspecified atom stereocenters. The van der Waals surface area contributed by atoms with Gasteiger partial charge in [-0.3, -0.25) is 4.79 Å². The Morgan fingerprint density at radius 2 is 1.81 bits per heavy atom. The molecule has 27 heavy (non-hydrogen) atoms. The zero-order chi connectivity index (χ0) is 19.4. The molecule has 2 aromatic carbocycles. The van der Waals surface area contributed by atoms with E-state index in [1.54, 1.807) is 12.1 Å². The van der Waals surface area contributed by atoms with E-state index in [2.05, 4.69) is 11.4 Å². The second kappa shape index (κ2) is 7.70. The topological polar surface area (TPSA) is 56.1 Å². The predicted octanol–water partition coefficient (Wildman–Crippen LogP) is 3.66. The number of halogens is 3. The molecule has 0 aliphatic carbocycles. The molecule has 140 valence electrons. The number of rotatable bonds is 3. The zero-order valence-corrected chi connectivity index (χ0v) is 14.5. The Balaban J connectivity index is 1.85. The van der Waals surface area contributed by atoms with Gasteiger partial charge in [0.1, 0.15) is 6.07 Å². The maximum Gasteiger partial charge on any atom is 0.471 e. The van der Waals surface area contributed by atoms with E-state index in [1.165, 1.54) is 0 Å². The highest BCUT2D eigenvalue weighted by atomic mass is 19.4. The summed E-state index contributed by atoms with van der Waals surface area (Å²) in [6.07, 6.45) is -4.28. The molecular weight excluding hydrogens is 355 g/mol. The van der Waals surface area contributed by atoms with E-state index in [0.29, 0.717) is 24.2 Å². The van der Waals surface area contributed by atoms with Crippen LogP contribution in [0.25, 0.3) is 0 Å². The summed E-state index contributed by atoms with van der Waals surface area (Å²) in [5.41, 5.74) is 3.78. The third kappa shape index (κ3) is 4.22. The highest BCUT2D eigenvalue weighted by molar-refractivity contribution is 5.82. The maximum absolute atomic E-state index is 12.8. The highest BCUT2D eigenvalue weighted by Gasteiger charge is 2.42. The van der Waals surface area contributed by atoms with E-state index >= 15 is 0 Å². The number of anilines is 1. The van der Waals surface area contributed by atoms with Crippen molar-refractivity contribution in [2.24, 2.45) is 0 Å². The lowest BCUT2D eigenvalue weighted by Gasteiger charge is -2.21. The molecule has 0 aromatic heterocycles. The molecule has 0 spiro atoms. The molecule has 3 rings (SSSR count). The van der Waals surface area contributed by atoms with Crippen LogP contribution in [0, 0.1) is 11.3 Å². The van der Waals surface area contributed by atoms with Crippen LogP contribution in [-0.4, -0.2) is 30.1 Å². The Morgan fingerprint density at radius 3 is 2.48 bits per heavy atom. The summed E-state index contributed by atoms with van der Waals surface area (Å²) >= 11 is 0. The number of carbonyl (C=O) groups is 1. The van der Waals surface area contributed by atoms with E-state index < -0.39 is 12.1 Å². The largest absolute Gasteiger partial charge is 0.471 e. The van der Waals surface area contributed by atoms with Gasteiger partial charge in [-0.2, -0.15) is 18.4 Å². The van der Waals surface area contributed by atoms with Crippen molar-refractivity contribution in [1.29, 1.82) is 5.26 Å². The first-order valence-electron chi connectivity index (χ1n) is 8.59. The minimum Gasteiger partial charge on any atom is -0.380 e. The molecule has 0 atom stereocenters. The average molecular weight is 373 g/mol. The molecule has 1 heterocycles. The Morgan fingerprint density at radius 1 is 1.11 bits per heavy atom. The fourth-order valence-electron chi connectivity index (χ4n) is 3.29. The number of fused-ring (bicyclic) bond motifs is 1. The van der Waals surface area contributed by atoms with E-state index in [0.717, 1.165) is 21.6 Å². The van der Waals surface area contributed by atoms with Crippen LogP contribution in [0.5, 0.6) is 0 Å². The number of nitrogens with one attached hydrogen (secondary N) is 1. The number of hydrogen-bond donors (Lipinski definition) is 1. The summed E-state index contributed by atoms with van der Waals surface area (Å²) < 4.78 is 38.3. The van der Waals surface area contributed by atoms with E-state index in [4.69, 9.17) is 0 Å². The van der Waals surface area contributed by atoms with E-state index in [-0.39, 0.29) is 19.5 Å². The highest BCUT2D eigenvalue weighted by Crippen LogP contribution is 2.29. The number of amides is 1. The number of nitrogens with zero attached hydrogens (tertiary/aromatic N) is 2. The first-order valence-corrected chi connectivity index (χ1v) is 8.59. The number of hydrogen-bond acceptors (Lipinski definition) is 3. The van der Waals surface area contributed by atoms with Crippen molar-refractivity contribution in [3.8, 4) is 6.07 Å². The fourth-order valence-corrected chi connectivity index (χ4v) is 3.29. The third-order valence-corrected chi connectivity index (χ3v) is 4.65. The minimum atomic E-state index is -4.87.